The highest BCUT2D eigenvalue weighted by Crippen LogP contribution is 2.36. The van der Waals surface area contributed by atoms with Gasteiger partial charge in [-0.3, -0.25) is 4.79 Å². The zero-order valence-corrected chi connectivity index (χ0v) is 23.5. The number of aliphatic carboxylic acids is 1. The molecule has 0 bridgehead atoms. The van der Waals surface area contributed by atoms with Gasteiger partial charge in [0.25, 0.3) is 5.91 Å². The zero-order chi connectivity index (χ0) is 30.1. The molecule has 216 valence electrons. The van der Waals surface area contributed by atoms with Gasteiger partial charge in [0.15, 0.2) is 15.9 Å². The summed E-state index contributed by atoms with van der Waals surface area (Å²) in [6, 6.07) is 11.7. The zero-order valence-electron chi connectivity index (χ0n) is 21.9. The molecule has 12 heteroatoms. The highest BCUT2D eigenvalue weighted by atomic mass is 35.5. The molecule has 0 radical (unpaired) electrons. The molecule has 0 aliphatic rings. The number of hydrogen-bond donors (Lipinski definition) is 2. The second kappa shape index (κ2) is 11.6. The molecule has 0 spiro atoms. The molecule has 4 rings (SSSR count). The summed E-state index contributed by atoms with van der Waals surface area (Å²) in [6.07, 6.45) is -4.32. The maximum absolute atomic E-state index is 13.6. The molecule has 0 unspecified atom stereocenters. The van der Waals surface area contributed by atoms with Gasteiger partial charge < -0.3 is 14.8 Å². The predicted molar refractivity (Wildman–Crippen MR) is 147 cm³/mol. The Balaban J connectivity index is 1.63. The van der Waals surface area contributed by atoms with Gasteiger partial charge in [0, 0.05) is 28.0 Å². The summed E-state index contributed by atoms with van der Waals surface area (Å²) in [6.45, 7) is 3.32. The fraction of sp³-hybridized carbons (Fsp3) is 0.241. The summed E-state index contributed by atoms with van der Waals surface area (Å²) in [5.41, 5.74) is 0.287. The molecule has 1 atom stereocenters. The van der Waals surface area contributed by atoms with Crippen molar-refractivity contribution in [2.75, 3.05) is 5.75 Å². The number of hydrogen-bond acceptors (Lipinski definition) is 5. The van der Waals surface area contributed by atoms with Crippen molar-refractivity contribution in [2.24, 2.45) is 0 Å². The molecule has 41 heavy (non-hydrogen) atoms. The number of halogens is 4. The Morgan fingerprint density at radius 2 is 1.71 bits per heavy atom. The number of sulfone groups is 1. The maximum Gasteiger partial charge on any atom is 0.416 e. The van der Waals surface area contributed by atoms with E-state index in [2.05, 4.69) is 5.32 Å². The first-order valence-electron chi connectivity index (χ1n) is 12.5. The number of carbonyl (C=O) groups excluding carboxylic acids is 1. The summed E-state index contributed by atoms with van der Waals surface area (Å²) in [4.78, 5) is 25.0. The van der Waals surface area contributed by atoms with Crippen LogP contribution in [0, 0.1) is 0 Å². The van der Waals surface area contributed by atoms with E-state index in [1.54, 1.807) is 6.07 Å². The monoisotopic (exact) mass is 607 g/mol. The minimum absolute atomic E-state index is 0.0179. The number of furan rings is 1. The number of fused-ring (bicyclic) bond motifs is 1. The van der Waals surface area contributed by atoms with Crippen LogP contribution in [0.5, 0.6) is 0 Å². The lowest BCUT2D eigenvalue weighted by atomic mass is 9.99. The fourth-order valence-corrected chi connectivity index (χ4v) is 5.60. The largest absolute Gasteiger partial charge is 0.479 e. The molecule has 1 amide bonds. The van der Waals surface area contributed by atoms with Crippen molar-refractivity contribution in [2.45, 2.75) is 43.8 Å². The number of rotatable bonds is 9. The van der Waals surface area contributed by atoms with Crippen LogP contribution in [-0.2, 0) is 33.6 Å². The van der Waals surface area contributed by atoms with E-state index in [4.69, 9.17) is 16.0 Å². The van der Waals surface area contributed by atoms with Crippen LogP contribution in [0.4, 0.5) is 13.2 Å². The lowest BCUT2D eigenvalue weighted by Gasteiger charge is -2.15. The van der Waals surface area contributed by atoms with Crippen molar-refractivity contribution >= 4 is 44.3 Å². The number of aryl methyl sites for hydroxylation is 1. The highest BCUT2D eigenvalue weighted by molar-refractivity contribution is 7.91. The van der Waals surface area contributed by atoms with E-state index >= 15 is 0 Å². The van der Waals surface area contributed by atoms with Crippen LogP contribution >= 0.6 is 11.6 Å². The molecule has 0 saturated heterocycles. The first-order valence-corrected chi connectivity index (χ1v) is 14.5. The van der Waals surface area contributed by atoms with Gasteiger partial charge in [-0.2, -0.15) is 13.2 Å². The van der Waals surface area contributed by atoms with Crippen molar-refractivity contribution in [1.82, 2.24) is 5.32 Å². The number of carboxylic acids is 1. The Labute approximate surface area is 238 Å². The summed E-state index contributed by atoms with van der Waals surface area (Å²) in [5.74, 6) is -1.91. The molecule has 0 aliphatic carbocycles. The number of alkyl halides is 3. The number of carboxylic acid groups (broad SMARTS) is 1. The second-order valence-corrected chi connectivity index (χ2v) is 12.0. The smallest absolute Gasteiger partial charge is 0.416 e. The standard InChI is InChI=1S/C29H25ClF3NO6S/c1-3-21-22-12-8-18(14-25(22)40-24(21)13-17-5-9-19(30)15-23(17)29(31,32)33)27(35)34-26(28(36)37)16-6-10-20(11-7-16)41(38,39)4-2/h5-12,14-15,26H,3-4,13H2,1-2H3,(H,34,35)(H,36,37)/t26-/m1/s1. The summed E-state index contributed by atoms with van der Waals surface area (Å²) < 4.78 is 70.9. The summed E-state index contributed by atoms with van der Waals surface area (Å²) >= 11 is 5.80. The predicted octanol–water partition coefficient (Wildman–Crippen LogP) is 6.61. The molecule has 7 nitrogen and oxygen atoms in total. The van der Waals surface area contributed by atoms with E-state index in [-0.39, 0.29) is 44.4 Å². The van der Waals surface area contributed by atoms with Crippen molar-refractivity contribution in [3.63, 3.8) is 0 Å². The number of carbonyl (C=O) groups is 2. The average Bonchev–Trinajstić information content (AvgIpc) is 3.28. The minimum atomic E-state index is -4.62. The van der Waals surface area contributed by atoms with Crippen LogP contribution in [0.15, 0.2) is 70.0 Å². The normalized spacial score (nSPS) is 12.8. The Morgan fingerprint density at radius 3 is 2.29 bits per heavy atom. The third kappa shape index (κ3) is 6.41. The number of nitrogens with one attached hydrogen (secondary N) is 1. The number of benzene rings is 3. The lowest BCUT2D eigenvalue weighted by molar-refractivity contribution is -0.139. The molecule has 4 aromatic rings. The summed E-state index contributed by atoms with van der Waals surface area (Å²) in [5, 5.41) is 12.7. The van der Waals surface area contributed by atoms with Crippen LogP contribution in [0.2, 0.25) is 5.02 Å². The molecule has 3 aromatic carbocycles. The Bertz CT molecular complexity index is 1730. The van der Waals surface area contributed by atoms with E-state index in [1.807, 2.05) is 6.92 Å². The Hall–Kier alpha value is -3.83. The number of amides is 1. The molecule has 2 N–H and O–H groups in total. The van der Waals surface area contributed by atoms with Gasteiger partial charge in [-0.1, -0.05) is 49.7 Å². The van der Waals surface area contributed by atoms with Crippen molar-refractivity contribution < 1.29 is 40.7 Å². The molecule has 0 saturated carbocycles. The van der Waals surface area contributed by atoms with Gasteiger partial charge in [-0.15, -0.1) is 0 Å². The SMILES string of the molecule is CCc1c(Cc2ccc(Cl)cc2C(F)(F)F)oc2cc(C(=O)N[C@@H](C(=O)O)c3ccc(S(=O)(=O)CC)cc3)ccc12. The van der Waals surface area contributed by atoms with E-state index in [0.717, 1.165) is 6.07 Å². The quantitative estimate of drug-likeness (QED) is 0.221. The molecular weight excluding hydrogens is 583 g/mol. The van der Waals surface area contributed by atoms with Crippen LogP contribution < -0.4 is 5.32 Å². The third-order valence-corrected chi connectivity index (χ3v) is 8.68. The van der Waals surface area contributed by atoms with Gasteiger partial charge in [-0.25, -0.2) is 13.2 Å². The maximum atomic E-state index is 13.6. The first-order chi connectivity index (χ1) is 19.2. The van der Waals surface area contributed by atoms with Gasteiger partial charge in [0.2, 0.25) is 0 Å². The topological polar surface area (TPSA) is 114 Å². The van der Waals surface area contributed by atoms with E-state index in [1.165, 1.54) is 55.5 Å². The molecular formula is C29H25ClF3NO6S. The van der Waals surface area contributed by atoms with Gasteiger partial charge in [0.05, 0.1) is 16.2 Å². The van der Waals surface area contributed by atoms with Crippen LogP contribution in [0.1, 0.15) is 58.3 Å². The van der Waals surface area contributed by atoms with Crippen LogP contribution in [0.3, 0.4) is 0 Å². The van der Waals surface area contributed by atoms with Gasteiger partial charge in [-0.05, 0) is 53.9 Å². The van der Waals surface area contributed by atoms with E-state index in [9.17, 15) is 36.3 Å². The summed E-state index contributed by atoms with van der Waals surface area (Å²) in [7, 11) is -3.49. The van der Waals surface area contributed by atoms with E-state index < -0.39 is 39.5 Å². The molecule has 1 heterocycles. The van der Waals surface area contributed by atoms with Gasteiger partial charge in [0.1, 0.15) is 11.3 Å². The first kappa shape index (κ1) is 30.1. The molecule has 1 aromatic heterocycles. The van der Waals surface area contributed by atoms with Crippen LogP contribution in [-0.4, -0.2) is 31.2 Å². The lowest BCUT2D eigenvalue weighted by Crippen LogP contribution is -2.33. The van der Waals surface area contributed by atoms with Crippen LogP contribution in [0.25, 0.3) is 11.0 Å². The van der Waals surface area contributed by atoms with Crippen molar-refractivity contribution in [1.29, 1.82) is 0 Å². The Morgan fingerprint density at radius 1 is 1.02 bits per heavy atom. The van der Waals surface area contributed by atoms with Crippen molar-refractivity contribution in [3.05, 3.63) is 99.3 Å². The fourth-order valence-electron chi connectivity index (χ4n) is 4.55. The van der Waals surface area contributed by atoms with Crippen molar-refractivity contribution in [3.8, 4) is 0 Å². The molecule has 0 fully saturated rings. The third-order valence-electron chi connectivity index (χ3n) is 6.70. The average molecular weight is 608 g/mol. The second-order valence-electron chi connectivity index (χ2n) is 9.26. The van der Waals surface area contributed by atoms with E-state index in [0.29, 0.717) is 23.1 Å². The minimum Gasteiger partial charge on any atom is -0.479 e. The molecule has 0 aliphatic heterocycles. The highest BCUT2D eigenvalue weighted by Gasteiger charge is 2.34. The van der Waals surface area contributed by atoms with Gasteiger partial charge >= 0.3 is 12.1 Å². The Kier molecular flexibility index (Phi) is 8.51.